The van der Waals surface area contributed by atoms with E-state index in [1.54, 1.807) is 0 Å². The zero-order valence-electron chi connectivity index (χ0n) is 19.5. The molecule has 2 heterocycles. The van der Waals surface area contributed by atoms with E-state index >= 15 is 0 Å². The summed E-state index contributed by atoms with van der Waals surface area (Å²) in [7, 11) is 0. The molecule has 0 aliphatic carbocycles. The highest BCUT2D eigenvalue weighted by Crippen LogP contribution is 2.14. The average molecular weight is 556 g/mol. The van der Waals surface area contributed by atoms with Crippen LogP contribution in [-0.4, -0.2) is 60.4 Å². The fraction of sp³-hybridized carbons (Fsp3) is 0.609. The lowest BCUT2D eigenvalue weighted by Crippen LogP contribution is -2.38. The van der Waals surface area contributed by atoms with Crippen LogP contribution in [0, 0.1) is 0 Å². The van der Waals surface area contributed by atoms with Crippen molar-refractivity contribution < 1.29 is 9.26 Å². The van der Waals surface area contributed by atoms with Crippen LogP contribution in [0.2, 0.25) is 0 Å². The quantitative estimate of drug-likeness (QED) is 0.201. The number of aromatic nitrogens is 2. The number of nitrogens with one attached hydrogen (secondary N) is 2. The molecule has 0 radical (unpaired) electrons. The van der Waals surface area contributed by atoms with Gasteiger partial charge in [0, 0.05) is 45.1 Å². The summed E-state index contributed by atoms with van der Waals surface area (Å²) in [6.45, 7) is 13.0. The molecule has 1 aliphatic rings. The molecule has 1 fully saturated rings. The van der Waals surface area contributed by atoms with E-state index in [0.29, 0.717) is 12.4 Å². The Morgan fingerprint density at radius 1 is 1.16 bits per heavy atom. The van der Waals surface area contributed by atoms with Crippen LogP contribution < -0.4 is 10.6 Å². The summed E-state index contributed by atoms with van der Waals surface area (Å²) in [6, 6.07) is 8.57. The van der Waals surface area contributed by atoms with Crippen LogP contribution in [-0.2, 0) is 24.2 Å². The van der Waals surface area contributed by atoms with Gasteiger partial charge >= 0.3 is 0 Å². The van der Waals surface area contributed by atoms with Crippen molar-refractivity contribution in [1.82, 2.24) is 25.7 Å². The van der Waals surface area contributed by atoms with Crippen molar-refractivity contribution in [3.63, 3.8) is 0 Å². The molecule has 0 unspecified atom stereocenters. The molecule has 0 amide bonds. The Kier molecular flexibility index (Phi) is 12.0. The third-order valence-electron chi connectivity index (χ3n) is 5.23. The number of aryl methyl sites for hydroxylation is 1. The first kappa shape index (κ1) is 26.5. The topological polar surface area (TPSA) is 87.8 Å². The third-order valence-corrected chi connectivity index (χ3v) is 5.23. The first-order chi connectivity index (χ1) is 15.2. The van der Waals surface area contributed by atoms with Gasteiger partial charge in [-0.25, -0.2) is 4.99 Å². The number of aliphatic imine (C=N–C) groups is 1. The van der Waals surface area contributed by atoms with E-state index < -0.39 is 0 Å². The second kappa shape index (κ2) is 14.4. The number of hydrogen-bond donors (Lipinski definition) is 2. The minimum atomic E-state index is 0. The highest BCUT2D eigenvalue weighted by Gasteiger charge is 2.13. The maximum Gasteiger partial charge on any atom is 0.226 e. The lowest BCUT2D eigenvalue weighted by atomic mass is 10.1. The van der Waals surface area contributed by atoms with Crippen molar-refractivity contribution in [3.8, 4) is 0 Å². The Bertz CT molecular complexity index is 820. The Hall–Kier alpha value is -1.72. The van der Waals surface area contributed by atoms with E-state index in [1.807, 2.05) is 0 Å². The van der Waals surface area contributed by atoms with E-state index in [1.165, 1.54) is 11.1 Å². The lowest BCUT2D eigenvalue weighted by Gasteiger charge is -2.27. The van der Waals surface area contributed by atoms with Gasteiger partial charge in [0.1, 0.15) is 0 Å². The molecule has 178 valence electrons. The van der Waals surface area contributed by atoms with Gasteiger partial charge in [0.2, 0.25) is 5.89 Å². The van der Waals surface area contributed by atoms with Crippen LogP contribution in [0.5, 0.6) is 0 Å². The van der Waals surface area contributed by atoms with E-state index in [0.717, 1.165) is 70.6 Å². The second-order valence-corrected chi connectivity index (χ2v) is 8.08. The highest BCUT2D eigenvalue weighted by molar-refractivity contribution is 14.0. The molecule has 0 saturated carbocycles. The van der Waals surface area contributed by atoms with Gasteiger partial charge in [-0.05, 0) is 24.5 Å². The zero-order valence-corrected chi connectivity index (χ0v) is 21.8. The van der Waals surface area contributed by atoms with Crippen molar-refractivity contribution >= 4 is 29.9 Å². The summed E-state index contributed by atoms with van der Waals surface area (Å²) < 4.78 is 10.8. The minimum Gasteiger partial charge on any atom is -0.379 e. The minimum absolute atomic E-state index is 0. The number of ether oxygens (including phenoxy) is 1. The van der Waals surface area contributed by atoms with Gasteiger partial charge in [0.15, 0.2) is 11.8 Å². The van der Waals surface area contributed by atoms with E-state index in [9.17, 15) is 0 Å². The van der Waals surface area contributed by atoms with Gasteiger partial charge in [0.05, 0.1) is 19.8 Å². The molecule has 1 aromatic heterocycles. The van der Waals surface area contributed by atoms with Crippen molar-refractivity contribution in [1.29, 1.82) is 0 Å². The first-order valence-corrected chi connectivity index (χ1v) is 11.4. The van der Waals surface area contributed by atoms with Gasteiger partial charge in [-0.1, -0.05) is 43.3 Å². The standard InChI is InChI=1S/C23H36N6O2.HI/c1-4-24-23(25-11-7-10-21-27-22(18(2)3)28-31-21)26-16-19-8-5-6-9-20(19)17-29-12-14-30-15-13-29;/h5-6,8-9,18H,4,7,10-17H2,1-3H3,(H2,24,25,26);1H. The zero-order chi connectivity index (χ0) is 21.9. The molecular weight excluding hydrogens is 519 g/mol. The summed E-state index contributed by atoms with van der Waals surface area (Å²) in [5.74, 6) is 2.59. The number of morpholine rings is 1. The van der Waals surface area contributed by atoms with E-state index in [-0.39, 0.29) is 29.9 Å². The number of halogens is 1. The van der Waals surface area contributed by atoms with Crippen molar-refractivity contribution in [2.24, 2.45) is 4.99 Å². The summed E-state index contributed by atoms with van der Waals surface area (Å²) in [5, 5.41) is 10.8. The Morgan fingerprint density at radius 3 is 2.59 bits per heavy atom. The van der Waals surface area contributed by atoms with Gasteiger partial charge in [-0.15, -0.1) is 24.0 Å². The molecular formula is C23H37IN6O2. The predicted molar refractivity (Wildman–Crippen MR) is 137 cm³/mol. The third kappa shape index (κ3) is 8.67. The first-order valence-electron chi connectivity index (χ1n) is 11.4. The van der Waals surface area contributed by atoms with Crippen LogP contribution in [0.15, 0.2) is 33.8 Å². The maximum absolute atomic E-state index is 5.47. The van der Waals surface area contributed by atoms with Crippen LogP contribution in [0.25, 0.3) is 0 Å². The smallest absolute Gasteiger partial charge is 0.226 e. The molecule has 0 atom stereocenters. The Labute approximate surface area is 208 Å². The Balaban J connectivity index is 0.00000363. The average Bonchev–Trinajstić information content (AvgIpc) is 3.26. The molecule has 1 saturated heterocycles. The number of nitrogens with zero attached hydrogens (tertiary/aromatic N) is 4. The number of benzene rings is 1. The molecule has 8 nitrogen and oxygen atoms in total. The van der Waals surface area contributed by atoms with Crippen LogP contribution >= 0.6 is 24.0 Å². The summed E-state index contributed by atoms with van der Waals surface area (Å²) in [4.78, 5) is 11.7. The molecule has 9 heteroatoms. The maximum atomic E-state index is 5.47. The molecule has 0 bridgehead atoms. The number of rotatable bonds is 10. The summed E-state index contributed by atoms with van der Waals surface area (Å²) in [6.07, 6.45) is 1.66. The van der Waals surface area contributed by atoms with Gasteiger partial charge < -0.3 is 19.9 Å². The van der Waals surface area contributed by atoms with E-state index in [2.05, 4.69) is 70.7 Å². The molecule has 0 spiro atoms. The van der Waals surface area contributed by atoms with E-state index in [4.69, 9.17) is 14.3 Å². The Morgan fingerprint density at radius 2 is 1.91 bits per heavy atom. The van der Waals surface area contributed by atoms with Crippen LogP contribution in [0.1, 0.15) is 56.0 Å². The van der Waals surface area contributed by atoms with Crippen molar-refractivity contribution in [3.05, 3.63) is 47.1 Å². The lowest BCUT2D eigenvalue weighted by molar-refractivity contribution is 0.0341. The highest BCUT2D eigenvalue weighted by atomic mass is 127. The van der Waals surface area contributed by atoms with Gasteiger partial charge in [-0.3, -0.25) is 4.90 Å². The molecule has 2 N–H and O–H groups in total. The molecule has 3 rings (SSSR count). The number of guanidine groups is 1. The normalized spacial score (nSPS) is 14.9. The monoisotopic (exact) mass is 556 g/mol. The second-order valence-electron chi connectivity index (χ2n) is 8.08. The predicted octanol–water partition coefficient (Wildman–Crippen LogP) is 3.33. The number of hydrogen-bond acceptors (Lipinski definition) is 6. The van der Waals surface area contributed by atoms with Gasteiger partial charge in [0.25, 0.3) is 0 Å². The molecule has 2 aromatic rings. The van der Waals surface area contributed by atoms with Crippen LogP contribution in [0.3, 0.4) is 0 Å². The fourth-order valence-electron chi connectivity index (χ4n) is 3.42. The van der Waals surface area contributed by atoms with Crippen LogP contribution in [0.4, 0.5) is 0 Å². The van der Waals surface area contributed by atoms with Crippen molar-refractivity contribution in [2.75, 3.05) is 39.4 Å². The SMILES string of the molecule is CCNC(=NCc1ccccc1CN1CCOCC1)NCCCc1nc(C(C)C)no1.I. The fourth-order valence-corrected chi connectivity index (χ4v) is 3.42. The largest absolute Gasteiger partial charge is 0.379 e. The molecule has 32 heavy (non-hydrogen) atoms. The van der Waals surface area contributed by atoms with Crippen molar-refractivity contribution in [2.45, 2.75) is 52.6 Å². The van der Waals surface area contributed by atoms with Gasteiger partial charge in [-0.2, -0.15) is 4.98 Å². The molecule has 1 aromatic carbocycles. The summed E-state index contributed by atoms with van der Waals surface area (Å²) in [5.41, 5.74) is 2.60. The molecule has 1 aliphatic heterocycles. The summed E-state index contributed by atoms with van der Waals surface area (Å²) >= 11 is 0.